The molecule has 1 heterocycles. The van der Waals surface area contributed by atoms with Gasteiger partial charge in [-0.3, -0.25) is 4.79 Å². The van der Waals surface area contributed by atoms with Crippen LogP contribution < -0.4 is 5.32 Å². The van der Waals surface area contributed by atoms with Gasteiger partial charge in [0.05, 0.1) is 5.69 Å². The van der Waals surface area contributed by atoms with Gasteiger partial charge in [-0.15, -0.1) is 5.10 Å². The van der Waals surface area contributed by atoms with Gasteiger partial charge in [-0.25, -0.2) is 14.1 Å². The van der Waals surface area contributed by atoms with Crippen molar-refractivity contribution in [3.63, 3.8) is 0 Å². The third-order valence-corrected chi connectivity index (χ3v) is 5.17. The lowest BCUT2D eigenvalue weighted by atomic mass is 10.1. The monoisotopic (exact) mass is 422 g/mol. The van der Waals surface area contributed by atoms with Crippen LogP contribution in [0.4, 0.5) is 10.1 Å². The number of hydrogen-bond acceptors (Lipinski definition) is 3. The predicted octanol–water partition coefficient (Wildman–Crippen LogP) is 5.79. The maximum Gasteiger partial charge on any atom is 0.295 e. The number of fused-ring (bicyclic) bond motifs is 1. The van der Waals surface area contributed by atoms with Crippen molar-refractivity contribution in [1.29, 1.82) is 0 Å². The van der Waals surface area contributed by atoms with E-state index in [2.05, 4.69) is 15.4 Å². The van der Waals surface area contributed by atoms with E-state index < -0.39 is 5.91 Å². The van der Waals surface area contributed by atoms with Gasteiger partial charge in [0, 0.05) is 11.3 Å². The van der Waals surface area contributed by atoms with Crippen molar-refractivity contribution in [2.24, 2.45) is 0 Å². The largest absolute Gasteiger partial charge is 0.319 e. The molecule has 0 unspecified atom stereocenters. The van der Waals surface area contributed by atoms with E-state index in [0.717, 1.165) is 21.9 Å². The van der Waals surface area contributed by atoms with Crippen LogP contribution in [0, 0.1) is 12.7 Å². The van der Waals surface area contributed by atoms with E-state index in [1.165, 1.54) is 12.1 Å². The summed E-state index contributed by atoms with van der Waals surface area (Å²) in [5.41, 5.74) is 3.13. The summed E-state index contributed by atoms with van der Waals surface area (Å²) < 4.78 is 15.0. The molecule has 0 aliphatic rings. The number of aryl methyl sites for hydroxylation is 1. The van der Waals surface area contributed by atoms with E-state index in [1.54, 1.807) is 16.8 Å². The van der Waals surface area contributed by atoms with Crippen molar-refractivity contribution >= 4 is 22.4 Å². The third kappa shape index (κ3) is 3.86. The fraction of sp³-hybridized carbons (Fsp3) is 0.0385. The van der Waals surface area contributed by atoms with Gasteiger partial charge >= 0.3 is 0 Å². The molecule has 5 aromatic rings. The number of halogens is 1. The summed E-state index contributed by atoms with van der Waals surface area (Å²) in [6, 6.07) is 27.3. The number of benzene rings is 4. The summed E-state index contributed by atoms with van der Waals surface area (Å²) in [6.07, 6.45) is 0. The number of rotatable bonds is 4. The van der Waals surface area contributed by atoms with Crippen LogP contribution in [-0.2, 0) is 0 Å². The molecule has 0 aliphatic carbocycles. The van der Waals surface area contributed by atoms with E-state index in [9.17, 15) is 9.18 Å². The minimum absolute atomic E-state index is 0.0268. The SMILES string of the molecule is Cc1cccc(-c2nc(C(=O)Nc3ccc4ccccc4c3)nn2-c2ccc(F)cc2)c1. The van der Waals surface area contributed by atoms with Crippen LogP contribution in [0.2, 0.25) is 0 Å². The van der Waals surface area contributed by atoms with E-state index in [0.29, 0.717) is 17.2 Å². The summed E-state index contributed by atoms with van der Waals surface area (Å²) in [5, 5.41) is 9.44. The Morgan fingerprint density at radius 3 is 2.44 bits per heavy atom. The zero-order valence-corrected chi connectivity index (χ0v) is 17.3. The first-order valence-corrected chi connectivity index (χ1v) is 10.2. The normalized spacial score (nSPS) is 10.9. The van der Waals surface area contributed by atoms with Crippen LogP contribution in [0.15, 0.2) is 91.0 Å². The van der Waals surface area contributed by atoms with Gasteiger partial charge < -0.3 is 5.32 Å². The molecule has 1 amide bonds. The molecule has 156 valence electrons. The third-order valence-electron chi connectivity index (χ3n) is 5.17. The van der Waals surface area contributed by atoms with Crippen LogP contribution in [0.5, 0.6) is 0 Å². The van der Waals surface area contributed by atoms with Crippen molar-refractivity contribution in [1.82, 2.24) is 14.8 Å². The number of aromatic nitrogens is 3. The second-order valence-corrected chi connectivity index (χ2v) is 7.53. The molecule has 0 aliphatic heterocycles. The number of nitrogens with one attached hydrogen (secondary N) is 1. The highest BCUT2D eigenvalue weighted by Crippen LogP contribution is 2.24. The Morgan fingerprint density at radius 2 is 1.66 bits per heavy atom. The molecule has 0 atom stereocenters. The Hall–Kier alpha value is -4.32. The number of hydrogen-bond donors (Lipinski definition) is 1. The molecule has 1 aromatic heterocycles. The minimum atomic E-state index is -0.421. The Balaban J connectivity index is 1.53. The number of nitrogens with zero attached hydrogens (tertiary/aromatic N) is 3. The summed E-state index contributed by atoms with van der Waals surface area (Å²) in [7, 11) is 0. The van der Waals surface area contributed by atoms with Crippen LogP contribution in [0.3, 0.4) is 0 Å². The van der Waals surface area contributed by atoms with Gasteiger partial charge in [-0.1, -0.05) is 54.1 Å². The molecule has 0 spiro atoms. The van der Waals surface area contributed by atoms with Gasteiger partial charge in [-0.05, 0) is 60.2 Å². The summed E-state index contributed by atoms with van der Waals surface area (Å²) in [5.74, 6) is -0.238. The Labute approximate surface area is 184 Å². The number of carbonyl (C=O) groups excluding carboxylic acids is 1. The molecule has 1 N–H and O–H groups in total. The summed E-state index contributed by atoms with van der Waals surface area (Å²) in [6.45, 7) is 1.98. The topological polar surface area (TPSA) is 59.8 Å². The molecular formula is C26H19FN4O. The maximum atomic E-state index is 13.5. The average molecular weight is 422 g/mol. The van der Waals surface area contributed by atoms with Crippen LogP contribution >= 0.6 is 0 Å². The molecule has 0 fully saturated rings. The molecule has 4 aromatic carbocycles. The number of carbonyl (C=O) groups is 1. The van der Waals surface area contributed by atoms with Crippen LogP contribution in [0.1, 0.15) is 16.2 Å². The highest BCUT2D eigenvalue weighted by Gasteiger charge is 2.19. The highest BCUT2D eigenvalue weighted by atomic mass is 19.1. The van der Waals surface area contributed by atoms with E-state index >= 15 is 0 Å². The van der Waals surface area contributed by atoms with Crippen molar-refractivity contribution in [2.45, 2.75) is 6.92 Å². The lowest BCUT2D eigenvalue weighted by molar-refractivity contribution is 0.101. The van der Waals surface area contributed by atoms with Gasteiger partial charge in [-0.2, -0.15) is 0 Å². The summed E-state index contributed by atoms with van der Waals surface area (Å²) >= 11 is 0. The molecule has 5 rings (SSSR count). The van der Waals surface area contributed by atoms with E-state index in [1.807, 2.05) is 73.7 Å². The number of amides is 1. The fourth-order valence-corrected chi connectivity index (χ4v) is 3.60. The molecule has 6 heteroatoms. The first-order chi connectivity index (χ1) is 15.6. The minimum Gasteiger partial charge on any atom is -0.319 e. The molecule has 0 saturated heterocycles. The summed E-state index contributed by atoms with van der Waals surface area (Å²) in [4.78, 5) is 17.5. The first kappa shape index (κ1) is 19.6. The van der Waals surface area contributed by atoms with Crippen LogP contribution in [-0.4, -0.2) is 20.7 Å². The Morgan fingerprint density at radius 1 is 0.875 bits per heavy atom. The quantitative estimate of drug-likeness (QED) is 0.399. The van der Waals surface area contributed by atoms with Crippen molar-refractivity contribution in [3.05, 3.63) is 108 Å². The van der Waals surface area contributed by atoms with E-state index in [4.69, 9.17) is 0 Å². The Kier molecular flexibility index (Phi) is 4.95. The van der Waals surface area contributed by atoms with Crippen molar-refractivity contribution < 1.29 is 9.18 Å². The molecule has 32 heavy (non-hydrogen) atoms. The number of anilines is 1. The smallest absolute Gasteiger partial charge is 0.295 e. The molecule has 0 saturated carbocycles. The molecule has 0 bridgehead atoms. The van der Waals surface area contributed by atoms with Gasteiger partial charge in [0.25, 0.3) is 5.91 Å². The molecule has 5 nitrogen and oxygen atoms in total. The van der Waals surface area contributed by atoms with E-state index in [-0.39, 0.29) is 11.6 Å². The second kappa shape index (κ2) is 8.07. The van der Waals surface area contributed by atoms with Gasteiger partial charge in [0.1, 0.15) is 5.82 Å². The maximum absolute atomic E-state index is 13.5. The highest BCUT2D eigenvalue weighted by molar-refractivity contribution is 6.03. The van der Waals surface area contributed by atoms with Crippen LogP contribution in [0.25, 0.3) is 27.8 Å². The second-order valence-electron chi connectivity index (χ2n) is 7.53. The zero-order chi connectivity index (χ0) is 22.1. The average Bonchev–Trinajstić information content (AvgIpc) is 3.25. The Bertz CT molecular complexity index is 1440. The van der Waals surface area contributed by atoms with Gasteiger partial charge in [0.2, 0.25) is 5.82 Å². The predicted molar refractivity (Wildman–Crippen MR) is 123 cm³/mol. The lowest BCUT2D eigenvalue weighted by Crippen LogP contribution is -2.14. The van der Waals surface area contributed by atoms with Gasteiger partial charge in [0.15, 0.2) is 5.82 Å². The van der Waals surface area contributed by atoms with Crippen molar-refractivity contribution in [2.75, 3.05) is 5.32 Å². The van der Waals surface area contributed by atoms with Crippen molar-refractivity contribution in [3.8, 4) is 17.1 Å². The lowest BCUT2D eigenvalue weighted by Gasteiger charge is -2.06. The molecular weight excluding hydrogens is 403 g/mol. The molecule has 0 radical (unpaired) electrons. The fourth-order valence-electron chi connectivity index (χ4n) is 3.60. The zero-order valence-electron chi connectivity index (χ0n) is 17.3. The standard InChI is InChI=1S/C26H19FN4O/c1-17-5-4-8-20(15-17)25-29-24(30-31(25)23-13-10-21(27)11-14-23)26(32)28-22-12-9-18-6-2-3-7-19(18)16-22/h2-16H,1H3,(H,28,32). The first-order valence-electron chi connectivity index (χ1n) is 10.2.